The Bertz CT molecular complexity index is 1160. The second-order valence-corrected chi connectivity index (χ2v) is 5.69. The fraction of sp³-hybridized carbons (Fsp3) is 0. The maximum Gasteiger partial charge on any atom is 0.196 e. The number of rotatable bonds is 0. The molecule has 0 atom stereocenters. The lowest BCUT2D eigenvalue weighted by Crippen LogP contribution is -1.91. The number of aromatic nitrogens is 2. The summed E-state index contributed by atoms with van der Waals surface area (Å²) in [6.45, 7) is 14.6. The van der Waals surface area contributed by atoms with Crippen LogP contribution in [0.4, 0.5) is 11.4 Å². The summed E-state index contributed by atoms with van der Waals surface area (Å²) in [6, 6.07) is 11.4. The first-order valence-corrected chi connectivity index (χ1v) is 7.30. The standard InChI is InChI=1S/C17H7BrN4/c1-19-12-8-11-10-5-6-16(18)21-17(10)14-4-3-7-22(14)15(11)9-13(12)20-2/h3-9H. The molecule has 4 nitrogen and oxygen atoms in total. The van der Waals surface area contributed by atoms with Gasteiger partial charge in [-0.3, -0.25) is 9.69 Å². The van der Waals surface area contributed by atoms with Crippen LogP contribution in [0.25, 0.3) is 37.0 Å². The van der Waals surface area contributed by atoms with Gasteiger partial charge in [0.1, 0.15) is 4.60 Å². The number of hydrogen-bond acceptors (Lipinski definition) is 1. The Labute approximate surface area is 134 Å². The molecule has 102 valence electrons. The highest BCUT2D eigenvalue weighted by atomic mass is 79.9. The Hall–Kier alpha value is -2.89. The highest BCUT2D eigenvalue weighted by Gasteiger charge is 2.13. The van der Waals surface area contributed by atoms with Gasteiger partial charge in [-0.1, -0.05) is 6.07 Å². The van der Waals surface area contributed by atoms with Crippen LogP contribution in [0.3, 0.4) is 0 Å². The van der Waals surface area contributed by atoms with Crippen molar-refractivity contribution in [1.29, 1.82) is 0 Å². The summed E-state index contributed by atoms with van der Waals surface area (Å²) in [5, 5.41) is 1.91. The molecule has 0 aliphatic rings. The summed E-state index contributed by atoms with van der Waals surface area (Å²) in [6.07, 6.45) is 1.95. The van der Waals surface area contributed by atoms with E-state index in [0.29, 0.717) is 11.4 Å². The topological polar surface area (TPSA) is 26.0 Å². The van der Waals surface area contributed by atoms with E-state index in [1.807, 2.05) is 34.9 Å². The van der Waals surface area contributed by atoms with Crippen molar-refractivity contribution in [2.45, 2.75) is 0 Å². The number of fused-ring (bicyclic) bond motifs is 6. The van der Waals surface area contributed by atoms with Crippen molar-refractivity contribution in [2.24, 2.45) is 0 Å². The molecule has 0 N–H and O–H groups in total. The van der Waals surface area contributed by atoms with Gasteiger partial charge in [0.2, 0.25) is 0 Å². The van der Waals surface area contributed by atoms with Gasteiger partial charge in [-0.2, -0.15) is 0 Å². The van der Waals surface area contributed by atoms with E-state index in [0.717, 1.165) is 31.9 Å². The Morgan fingerprint density at radius 1 is 0.955 bits per heavy atom. The van der Waals surface area contributed by atoms with Crippen molar-refractivity contribution in [3.63, 3.8) is 0 Å². The second kappa shape index (κ2) is 4.56. The molecule has 1 aromatic carbocycles. The van der Waals surface area contributed by atoms with Gasteiger partial charge >= 0.3 is 0 Å². The molecule has 0 saturated heterocycles. The van der Waals surface area contributed by atoms with Gasteiger partial charge in [0.05, 0.1) is 24.2 Å². The van der Waals surface area contributed by atoms with Crippen LogP contribution >= 0.6 is 15.9 Å². The van der Waals surface area contributed by atoms with Crippen LogP contribution in [0.1, 0.15) is 0 Å². The Morgan fingerprint density at radius 2 is 1.73 bits per heavy atom. The molecule has 5 heteroatoms. The lowest BCUT2D eigenvalue weighted by atomic mass is 10.1. The minimum Gasteiger partial charge on any atom is -0.316 e. The molecule has 4 aromatic rings. The maximum atomic E-state index is 7.29. The highest BCUT2D eigenvalue weighted by molar-refractivity contribution is 9.10. The predicted octanol–water partition coefficient (Wildman–Crippen LogP) is 5.50. The third-order valence-electron chi connectivity index (χ3n) is 3.74. The summed E-state index contributed by atoms with van der Waals surface area (Å²) in [5.74, 6) is 0. The zero-order valence-corrected chi connectivity index (χ0v) is 12.8. The Kier molecular flexibility index (Phi) is 2.66. The Balaban J connectivity index is 2.36. The van der Waals surface area contributed by atoms with Crippen LogP contribution in [0.5, 0.6) is 0 Å². The molecule has 0 unspecified atom stereocenters. The molecule has 4 rings (SSSR count). The molecule has 0 spiro atoms. The molecule has 0 amide bonds. The van der Waals surface area contributed by atoms with E-state index in [1.54, 1.807) is 12.1 Å². The summed E-state index contributed by atoms with van der Waals surface area (Å²) < 4.78 is 2.78. The number of halogens is 1. The zero-order chi connectivity index (χ0) is 15.3. The van der Waals surface area contributed by atoms with Crippen LogP contribution in [-0.4, -0.2) is 9.38 Å². The van der Waals surface area contributed by atoms with Crippen LogP contribution in [0, 0.1) is 13.1 Å². The van der Waals surface area contributed by atoms with Gasteiger partial charge in [0.25, 0.3) is 0 Å². The largest absolute Gasteiger partial charge is 0.316 e. The van der Waals surface area contributed by atoms with Crippen molar-refractivity contribution in [2.75, 3.05) is 0 Å². The quantitative estimate of drug-likeness (QED) is 0.234. The molecular formula is C17H7BrN4. The normalized spacial score (nSPS) is 10.9. The second-order valence-electron chi connectivity index (χ2n) is 4.88. The first-order valence-electron chi connectivity index (χ1n) is 6.51. The summed E-state index contributed by atoms with van der Waals surface area (Å²) in [4.78, 5) is 11.5. The molecule has 0 radical (unpaired) electrons. The van der Waals surface area contributed by atoms with Gasteiger partial charge in [-0.15, -0.1) is 0 Å². The fourth-order valence-corrected chi connectivity index (χ4v) is 3.10. The van der Waals surface area contributed by atoms with Gasteiger partial charge in [-0.25, -0.2) is 4.98 Å². The zero-order valence-electron chi connectivity index (χ0n) is 11.2. The summed E-state index contributed by atoms with van der Waals surface area (Å²) >= 11 is 3.41. The number of hydrogen-bond donors (Lipinski definition) is 0. The van der Waals surface area contributed by atoms with E-state index >= 15 is 0 Å². The molecule has 0 fully saturated rings. The molecular weight excluding hydrogens is 340 g/mol. The monoisotopic (exact) mass is 346 g/mol. The van der Waals surface area contributed by atoms with Gasteiger partial charge in [-0.05, 0) is 51.6 Å². The van der Waals surface area contributed by atoms with Crippen molar-refractivity contribution in [3.8, 4) is 0 Å². The van der Waals surface area contributed by atoms with E-state index in [4.69, 9.17) is 13.1 Å². The molecule has 0 aliphatic carbocycles. The predicted molar refractivity (Wildman–Crippen MR) is 90.4 cm³/mol. The summed E-state index contributed by atoms with van der Waals surface area (Å²) in [5.41, 5.74) is 3.52. The maximum absolute atomic E-state index is 7.29. The van der Waals surface area contributed by atoms with Crippen LogP contribution in [-0.2, 0) is 0 Å². The van der Waals surface area contributed by atoms with Crippen LogP contribution in [0.2, 0.25) is 0 Å². The van der Waals surface area contributed by atoms with E-state index in [9.17, 15) is 0 Å². The van der Waals surface area contributed by atoms with E-state index in [-0.39, 0.29) is 0 Å². The lowest BCUT2D eigenvalue weighted by Gasteiger charge is -2.10. The number of pyridine rings is 2. The third kappa shape index (κ3) is 1.64. The minimum atomic E-state index is 0.373. The van der Waals surface area contributed by atoms with Crippen LogP contribution in [0.15, 0.2) is 47.2 Å². The van der Waals surface area contributed by atoms with Crippen molar-refractivity contribution >= 4 is 54.6 Å². The van der Waals surface area contributed by atoms with Gasteiger partial charge in [0, 0.05) is 17.1 Å². The minimum absolute atomic E-state index is 0.373. The van der Waals surface area contributed by atoms with Crippen molar-refractivity contribution < 1.29 is 0 Å². The molecule has 3 aromatic heterocycles. The molecule has 0 saturated carbocycles. The number of nitrogens with zero attached hydrogens (tertiary/aromatic N) is 4. The van der Waals surface area contributed by atoms with Crippen molar-refractivity contribution in [1.82, 2.24) is 9.38 Å². The average Bonchev–Trinajstić information content (AvgIpc) is 3.03. The van der Waals surface area contributed by atoms with E-state index < -0.39 is 0 Å². The fourth-order valence-electron chi connectivity index (χ4n) is 2.79. The first kappa shape index (κ1) is 12.8. The third-order valence-corrected chi connectivity index (χ3v) is 4.18. The van der Waals surface area contributed by atoms with Gasteiger partial charge < -0.3 is 4.40 Å². The van der Waals surface area contributed by atoms with Crippen molar-refractivity contribution in [3.05, 3.63) is 70.0 Å². The summed E-state index contributed by atoms with van der Waals surface area (Å²) in [7, 11) is 0. The molecule has 0 aliphatic heterocycles. The molecule has 3 heterocycles. The smallest absolute Gasteiger partial charge is 0.196 e. The number of benzene rings is 1. The van der Waals surface area contributed by atoms with E-state index in [2.05, 4.69) is 30.6 Å². The van der Waals surface area contributed by atoms with E-state index in [1.165, 1.54) is 0 Å². The Morgan fingerprint density at radius 3 is 2.50 bits per heavy atom. The average molecular weight is 347 g/mol. The molecule has 22 heavy (non-hydrogen) atoms. The van der Waals surface area contributed by atoms with Crippen LogP contribution < -0.4 is 0 Å². The molecule has 0 bridgehead atoms. The SMILES string of the molecule is [C-]#[N+]c1cc2c3ccc(Br)nc3c3cccn3c2cc1[N+]#[C-]. The first-order chi connectivity index (χ1) is 10.7. The van der Waals surface area contributed by atoms with Gasteiger partial charge in [0.15, 0.2) is 11.4 Å². The lowest BCUT2D eigenvalue weighted by molar-refractivity contribution is 1.26. The highest BCUT2D eigenvalue weighted by Crippen LogP contribution is 2.37.